The molecule has 0 aliphatic rings. The predicted molar refractivity (Wildman–Crippen MR) is 70.6 cm³/mol. The highest BCUT2D eigenvalue weighted by atomic mass is 79.9. The molecular weight excluding hydrogens is 365 g/mol. The number of nitrogen functional groups attached to an aromatic ring is 1. The van der Waals surface area contributed by atoms with E-state index < -0.39 is 29.4 Å². The minimum atomic E-state index is -4.44. The summed E-state index contributed by atoms with van der Waals surface area (Å²) in [6.45, 7) is -2.10. The van der Waals surface area contributed by atoms with Crippen LogP contribution in [0.4, 0.5) is 18.9 Å². The highest BCUT2D eigenvalue weighted by molar-refractivity contribution is 9.10. The van der Waals surface area contributed by atoms with Gasteiger partial charge in [0.05, 0.1) is 12.3 Å². The van der Waals surface area contributed by atoms with E-state index in [0.29, 0.717) is 4.47 Å². The van der Waals surface area contributed by atoms with Crippen LogP contribution in [0, 0.1) is 0 Å². The second-order valence-corrected chi connectivity index (χ2v) is 6.40. The van der Waals surface area contributed by atoms with E-state index in [1.54, 1.807) is 0 Å². The molecule has 1 aromatic rings. The van der Waals surface area contributed by atoms with Gasteiger partial charge in [-0.3, -0.25) is 0 Å². The first-order chi connectivity index (χ1) is 9.12. The summed E-state index contributed by atoms with van der Waals surface area (Å²) >= 11 is 3.13. The molecule has 0 radical (unpaired) electrons. The summed E-state index contributed by atoms with van der Waals surface area (Å²) in [6, 6.07) is 4.19. The van der Waals surface area contributed by atoms with Crippen molar-refractivity contribution >= 4 is 31.6 Å². The van der Waals surface area contributed by atoms with Gasteiger partial charge in [-0.1, -0.05) is 15.9 Å². The first-order valence-corrected chi connectivity index (χ1v) is 7.58. The summed E-state index contributed by atoms with van der Waals surface area (Å²) in [5.74, 6) is 0. The number of sulfonamides is 1. The fourth-order valence-corrected chi connectivity index (χ4v) is 2.78. The summed E-state index contributed by atoms with van der Waals surface area (Å²) in [4.78, 5) is -0.142. The van der Waals surface area contributed by atoms with Gasteiger partial charge in [0.2, 0.25) is 10.0 Å². The number of benzene rings is 1. The Kier molecular flexibility index (Phi) is 5.80. The lowest BCUT2D eigenvalue weighted by atomic mass is 10.3. The third-order valence-corrected chi connectivity index (χ3v) is 4.09. The smallest absolute Gasteiger partial charge is 0.398 e. The van der Waals surface area contributed by atoms with Crippen molar-refractivity contribution < 1.29 is 26.3 Å². The van der Waals surface area contributed by atoms with Gasteiger partial charge in [-0.05, 0) is 18.2 Å². The van der Waals surface area contributed by atoms with Crippen LogP contribution < -0.4 is 10.5 Å². The van der Waals surface area contributed by atoms with E-state index in [4.69, 9.17) is 5.73 Å². The van der Waals surface area contributed by atoms with E-state index in [1.165, 1.54) is 18.2 Å². The van der Waals surface area contributed by atoms with Crippen molar-refractivity contribution in [1.82, 2.24) is 4.72 Å². The molecule has 0 bridgehead atoms. The Balaban J connectivity index is 2.54. The van der Waals surface area contributed by atoms with E-state index >= 15 is 0 Å². The number of halogens is 4. The Morgan fingerprint density at radius 2 is 2.00 bits per heavy atom. The molecule has 0 saturated carbocycles. The van der Waals surface area contributed by atoms with Crippen LogP contribution in [-0.2, 0) is 14.8 Å². The second kappa shape index (κ2) is 6.74. The molecular formula is C10H12BrF3N2O3S. The molecule has 114 valence electrons. The summed E-state index contributed by atoms with van der Waals surface area (Å²) in [5.41, 5.74) is 5.60. The first kappa shape index (κ1) is 17.2. The molecule has 5 nitrogen and oxygen atoms in total. The molecule has 3 N–H and O–H groups in total. The van der Waals surface area contributed by atoms with Gasteiger partial charge in [-0.25, -0.2) is 13.1 Å². The van der Waals surface area contributed by atoms with Crippen molar-refractivity contribution in [2.45, 2.75) is 11.1 Å². The van der Waals surface area contributed by atoms with E-state index in [1.807, 2.05) is 0 Å². The number of nitrogens with two attached hydrogens (primary N) is 1. The summed E-state index contributed by atoms with van der Waals surface area (Å²) < 4.78 is 66.1. The summed E-state index contributed by atoms with van der Waals surface area (Å²) in [6.07, 6.45) is -4.44. The Morgan fingerprint density at radius 3 is 2.55 bits per heavy atom. The third kappa shape index (κ3) is 5.65. The molecule has 0 atom stereocenters. The van der Waals surface area contributed by atoms with E-state index in [0.717, 1.165) is 0 Å². The van der Waals surface area contributed by atoms with Gasteiger partial charge in [-0.15, -0.1) is 0 Å². The van der Waals surface area contributed by atoms with Crippen molar-refractivity contribution in [2.75, 3.05) is 25.5 Å². The first-order valence-electron chi connectivity index (χ1n) is 5.31. The molecule has 0 heterocycles. The fourth-order valence-electron chi connectivity index (χ4n) is 1.28. The van der Waals surface area contributed by atoms with Crippen LogP contribution in [0.2, 0.25) is 0 Å². The molecule has 1 aromatic carbocycles. The monoisotopic (exact) mass is 376 g/mol. The van der Waals surface area contributed by atoms with Gasteiger partial charge < -0.3 is 10.5 Å². The number of anilines is 1. The standard InChI is InChI=1S/C10H12BrF3N2O3S/c11-7-1-2-9(8(15)5-7)20(17,18)16-3-4-19-6-10(12,13)14/h1-2,5,16H,3-4,6,15H2. The van der Waals surface area contributed by atoms with Gasteiger partial charge in [0.25, 0.3) is 0 Å². The van der Waals surface area contributed by atoms with E-state index in [9.17, 15) is 21.6 Å². The fraction of sp³-hybridized carbons (Fsp3) is 0.400. The maximum atomic E-state index is 11.8. The maximum absolute atomic E-state index is 11.8. The van der Waals surface area contributed by atoms with Crippen LogP contribution >= 0.6 is 15.9 Å². The van der Waals surface area contributed by atoms with Crippen LogP contribution in [-0.4, -0.2) is 34.4 Å². The minimum absolute atomic E-state index is 0.0306. The van der Waals surface area contributed by atoms with Gasteiger partial charge in [0.1, 0.15) is 11.5 Å². The van der Waals surface area contributed by atoms with E-state index in [-0.39, 0.29) is 17.1 Å². The van der Waals surface area contributed by atoms with Crippen LogP contribution in [0.15, 0.2) is 27.6 Å². The quantitative estimate of drug-likeness (QED) is 0.586. The minimum Gasteiger partial charge on any atom is -0.398 e. The largest absolute Gasteiger partial charge is 0.411 e. The lowest BCUT2D eigenvalue weighted by Crippen LogP contribution is -2.29. The van der Waals surface area contributed by atoms with Crippen molar-refractivity contribution in [3.63, 3.8) is 0 Å². The molecule has 1 rings (SSSR count). The molecule has 20 heavy (non-hydrogen) atoms. The van der Waals surface area contributed by atoms with E-state index in [2.05, 4.69) is 25.4 Å². The normalized spacial score (nSPS) is 12.6. The summed E-state index contributed by atoms with van der Waals surface area (Å²) in [7, 11) is -3.88. The van der Waals surface area contributed by atoms with Crippen LogP contribution in [0.25, 0.3) is 0 Å². The van der Waals surface area contributed by atoms with Crippen molar-refractivity contribution in [2.24, 2.45) is 0 Å². The number of ether oxygens (including phenoxy) is 1. The zero-order valence-corrected chi connectivity index (χ0v) is 12.5. The Morgan fingerprint density at radius 1 is 1.35 bits per heavy atom. The van der Waals surface area contributed by atoms with Crippen LogP contribution in [0.5, 0.6) is 0 Å². The number of hydrogen-bond donors (Lipinski definition) is 2. The molecule has 0 spiro atoms. The number of rotatable bonds is 6. The van der Waals surface area contributed by atoms with Gasteiger partial charge in [0.15, 0.2) is 0 Å². The number of nitrogens with one attached hydrogen (secondary N) is 1. The Bertz CT molecular complexity index is 563. The topological polar surface area (TPSA) is 81.4 Å². The predicted octanol–water partition coefficient (Wildman–Crippen LogP) is 1.89. The molecule has 0 aromatic heterocycles. The molecule has 0 saturated heterocycles. The lowest BCUT2D eigenvalue weighted by Gasteiger charge is -2.10. The number of alkyl halides is 3. The molecule has 0 aliphatic carbocycles. The average molecular weight is 377 g/mol. The average Bonchev–Trinajstić information content (AvgIpc) is 2.26. The van der Waals surface area contributed by atoms with Crippen LogP contribution in [0.1, 0.15) is 0 Å². The lowest BCUT2D eigenvalue weighted by molar-refractivity contribution is -0.173. The zero-order chi connectivity index (χ0) is 15.4. The van der Waals surface area contributed by atoms with Gasteiger partial charge in [-0.2, -0.15) is 13.2 Å². The second-order valence-electron chi connectivity index (χ2n) is 3.75. The highest BCUT2D eigenvalue weighted by Gasteiger charge is 2.27. The molecule has 10 heteroatoms. The Labute approximate surface area is 122 Å². The Hall–Kier alpha value is -0.840. The molecule has 0 amide bonds. The van der Waals surface area contributed by atoms with Gasteiger partial charge in [0, 0.05) is 11.0 Å². The van der Waals surface area contributed by atoms with Crippen molar-refractivity contribution in [3.05, 3.63) is 22.7 Å². The third-order valence-electron chi connectivity index (χ3n) is 2.07. The van der Waals surface area contributed by atoms with Crippen molar-refractivity contribution in [3.8, 4) is 0 Å². The highest BCUT2D eigenvalue weighted by Crippen LogP contribution is 2.22. The zero-order valence-electron chi connectivity index (χ0n) is 10.1. The molecule has 0 fully saturated rings. The van der Waals surface area contributed by atoms with Crippen molar-refractivity contribution in [1.29, 1.82) is 0 Å². The summed E-state index contributed by atoms with van der Waals surface area (Å²) in [5, 5.41) is 0. The SMILES string of the molecule is Nc1cc(Br)ccc1S(=O)(=O)NCCOCC(F)(F)F. The maximum Gasteiger partial charge on any atom is 0.411 e. The van der Waals surface area contributed by atoms with Crippen LogP contribution in [0.3, 0.4) is 0 Å². The molecule has 0 unspecified atom stereocenters. The number of hydrogen-bond acceptors (Lipinski definition) is 4. The molecule has 0 aliphatic heterocycles. The van der Waals surface area contributed by atoms with Gasteiger partial charge >= 0.3 is 6.18 Å².